The van der Waals surface area contributed by atoms with Gasteiger partial charge in [0.05, 0.1) is 0 Å². The molecule has 2 saturated carbocycles. The number of carbonyl (C=O) groups is 1. The van der Waals surface area contributed by atoms with Crippen LogP contribution in [0.3, 0.4) is 0 Å². The monoisotopic (exact) mass is 287 g/mol. The van der Waals surface area contributed by atoms with E-state index < -0.39 is 0 Å². The molecule has 3 unspecified atom stereocenters. The second-order valence-electron chi connectivity index (χ2n) is 6.21. The van der Waals surface area contributed by atoms with Crippen molar-refractivity contribution in [2.75, 3.05) is 6.54 Å². The quantitative estimate of drug-likeness (QED) is 0.342. The van der Waals surface area contributed by atoms with Gasteiger partial charge in [-0.1, -0.05) is 23.7 Å². The predicted octanol–water partition coefficient (Wildman–Crippen LogP) is 1.95. The molecule has 5 heteroatoms. The molecule has 21 heavy (non-hydrogen) atoms. The highest BCUT2D eigenvalue weighted by atomic mass is 16.4. The van der Waals surface area contributed by atoms with Crippen LogP contribution in [0.25, 0.3) is 0 Å². The van der Waals surface area contributed by atoms with E-state index in [9.17, 15) is 4.79 Å². The summed E-state index contributed by atoms with van der Waals surface area (Å²) in [6, 6.07) is 6.83. The zero-order valence-electron chi connectivity index (χ0n) is 12.0. The number of amidine groups is 1. The van der Waals surface area contributed by atoms with Crippen molar-refractivity contribution in [3.05, 3.63) is 35.4 Å². The number of nitrogens with two attached hydrogens (primary N) is 1. The van der Waals surface area contributed by atoms with Crippen molar-refractivity contribution < 1.29 is 10.0 Å². The van der Waals surface area contributed by atoms with Crippen LogP contribution in [0.5, 0.6) is 0 Å². The Morgan fingerprint density at radius 2 is 2.14 bits per heavy atom. The Balaban J connectivity index is 1.60. The van der Waals surface area contributed by atoms with Crippen LogP contribution in [0, 0.1) is 17.8 Å². The van der Waals surface area contributed by atoms with Gasteiger partial charge in [0.15, 0.2) is 5.84 Å². The lowest BCUT2D eigenvalue weighted by Crippen LogP contribution is -2.31. The average Bonchev–Trinajstić information content (AvgIpc) is 3.14. The van der Waals surface area contributed by atoms with Crippen LogP contribution in [0.15, 0.2) is 29.4 Å². The molecule has 0 radical (unpaired) electrons. The lowest BCUT2D eigenvalue weighted by atomic mass is 9.89. The number of hydrogen-bond donors (Lipinski definition) is 3. The molecule has 2 fully saturated rings. The number of rotatable bonds is 4. The summed E-state index contributed by atoms with van der Waals surface area (Å²) in [4.78, 5) is 12.2. The summed E-state index contributed by atoms with van der Waals surface area (Å²) in [6.45, 7) is 0.758. The van der Waals surface area contributed by atoms with E-state index >= 15 is 0 Å². The predicted molar refractivity (Wildman–Crippen MR) is 80.2 cm³/mol. The van der Waals surface area contributed by atoms with Gasteiger partial charge in [-0.3, -0.25) is 4.79 Å². The number of hydrogen-bond acceptors (Lipinski definition) is 3. The van der Waals surface area contributed by atoms with E-state index in [2.05, 4.69) is 10.5 Å². The second-order valence-corrected chi connectivity index (χ2v) is 6.21. The highest BCUT2D eigenvalue weighted by Gasteiger charge is 2.39. The van der Waals surface area contributed by atoms with E-state index in [1.54, 1.807) is 24.3 Å². The molecular weight excluding hydrogens is 266 g/mol. The minimum atomic E-state index is -0.0923. The maximum absolute atomic E-state index is 12.2. The zero-order valence-corrected chi connectivity index (χ0v) is 12.0. The summed E-state index contributed by atoms with van der Waals surface area (Å²) in [5.41, 5.74) is 6.64. The van der Waals surface area contributed by atoms with Gasteiger partial charge in [-0.2, -0.15) is 0 Å². The van der Waals surface area contributed by atoms with Crippen molar-refractivity contribution in [2.24, 2.45) is 28.6 Å². The second kappa shape index (κ2) is 5.76. The maximum Gasteiger partial charge on any atom is 0.251 e. The largest absolute Gasteiger partial charge is 0.409 e. The van der Waals surface area contributed by atoms with E-state index in [0.29, 0.717) is 17.0 Å². The van der Waals surface area contributed by atoms with Gasteiger partial charge >= 0.3 is 0 Å². The molecule has 3 atom stereocenters. The summed E-state index contributed by atoms with van der Waals surface area (Å²) in [5, 5.41) is 14.7. The first-order valence-electron chi connectivity index (χ1n) is 7.53. The minimum Gasteiger partial charge on any atom is -0.409 e. The molecule has 112 valence electrons. The molecule has 3 rings (SSSR count). The molecular formula is C16H21N3O2. The Hall–Kier alpha value is -2.04. The van der Waals surface area contributed by atoms with Crippen molar-refractivity contribution in [1.82, 2.24) is 5.32 Å². The number of carbonyl (C=O) groups excluding carboxylic acids is 1. The van der Waals surface area contributed by atoms with Crippen LogP contribution in [0.2, 0.25) is 0 Å². The minimum absolute atomic E-state index is 0.0118. The Kier molecular flexibility index (Phi) is 3.82. The first kappa shape index (κ1) is 13.9. The molecule has 4 N–H and O–H groups in total. The SMILES string of the molecule is NC(=NO)c1cccc(C(=O)NCC2CC3CCC2C3)c1. The molecule has 0 aliphatic heterocycles. The van der Waals surface area contributed by atoms with Gasteiger partial charge in [0, 0.05) is 17.7 Å². The zero-order chi connectivity index (χ0) is 14.8. The van der Waals surface area contributed by atoms with Gasteiger partial charge in [-0.15, -0.1) is 0 Å². The van der Waals surface area contributed by atoms with E-state index in [4.69, 9.17) is 10.9 Å². The van der Waals surface area contributed by atoms with Crippen molar-refractivity contribution in [1.29, 1.82) is 0 Å². The van der Waals surface area contributed by atoms with E-state index in [0.717, 1.165) is 18.4 Å². The van der Waals surface area contributed by atoms with Crippen molar-refractivity contribution >= 4 is 11.7 Å². The van der Waals surface area contributed by atoms with Crippen LogP contribution in [0.4, 0.5) is 0 Å². The topological polar surface area (TPSA) is 87.7 Å². The van der Waals surface area contributed by atoms with Crippen molar-refractivity contribution in [2.45, 2.75) is 25.7 Å². The highest BCUT2D eigenvalue weighted by Crippen LogP contribution is 2.47. The Labute approximate surface area is 124 Å². The maximum atomic E-state index is 12.2. The first-order valence-corrected chi connectivity index (χ1v) is 7.53. The van der Waals surface area contributed by atoms with E-state index in [1.807, 2.05) is 0 Å². The molecule has 1 amide bonds. The summed E-state index contributed by atoms with van der Waals surface area (Å²) in [6.07, 6.45) is 5.30. The van der Waals surface area contributed by atoms with Crippen molar-refractivity contribution in [3.8, 4) is 0 Å². The van der Waals surface area contributed by atoms with Crippen LogP contribution in [-0.4, -0.2) is 23.5 Å². The van der Waals surface area contributed by atoms with Crippen LogP contribution in [-0.2, 0) is 0 Å². The third-order valence-electron chi connectivity index (χ3n) is 4.94. The Bertz CT molecular complexity index is 570. The summed E-state index contributed by atoms with van der Waals surface area (Å²) >= 11 is 0. The number of nitrogens with one attached hydrogen (secondary N) is 1. The molecule has 1 aromatic rings. The third kappa shape index (κ3) is 2.86. The molecule has 0 spiro atoms. The first-order chi connectivity index (χ1) is 10.2. The standard InChI is InChI=1S/C16H21N3O2/c17-15(19-21)12-2-1-3-13(8-12)16(20)18-9-14-7-10-4-5-11(14)6-10/h1-3,8,10-11,14,21H,4-7,9H2,(H2,17,19)(H,18,20). The van der Waals surface area contributed by atoms with Crippen LogP contribution in [0.1, 0.15) is 41.6 Å². The third-order valence-corrected chi connectivity index (χ3v) is 4.94. The summed E-state index contributed by atoms with van der Waals surface area (Å²) < 4.78 is 0. The molecule has 5 nitrogen and oxygen atoms in total. The fraction of sp³-hybridized carbons (Fsp3) is 0.500. The lowest BCUT2D eigenvalue weighted by Gasteiger charge is -2.21. The Morgan fingerprint density at radius 1 is 1.33 bits per heavy atom. The normalized spacial score (nSPS) is 27.8. The molecule has 2 aliphatic rings. The molecule has 0 saturated heterocycles. The highest BCUT2D eigenvalue weighted by molar-refractivity contribution is 6.01. The van der Waals surface area contributed by atoms with Gasteiger partial charge < -0.3 is 16.3 Å². The molecule has 1 aromatic carbocycles. The Morgan fingerprint density at radius 3 is 2.81 bits per heavy atom. The molecule has 0 aromatic heterocycles. The molecule has 0 heterocycles. The van der Waals surface area contributed by atoms with Crippen LogP contribution < -0.4 is 11.1 Å². The number of amides is 1. The lowest BCUT2D eigenvalue weighted by molar-refractivity contribution is 0.0941. The smallest absolute Gasteiger partial charge is 0.251 e. The van der Waals surface area contributed by atoms with Gasteiger partial charge in [0.1, 0.15) is 0 Å². The molecule has 2 bridgehead atoms. The summed E-state index contributed by atoms with van der Waals surface area (Å²) in [7, 11) is 0. The van der Waals surface area contributed by atoms with Crippen molar-refractivity contribution in [3.63, 3.8) is 0 Å². The fourth-order valence-electron chi connectivity index (χ4n) is 3.83. The van der Waals surface area contributed by atoms with Gasteiger partial charge in [0.25, 0.3) is 5.91 Å². The number of nitrogens with zero attached hydrogens (tertiary/aromatic N) is 1. The fourth-order valence-corrected chi connectivity index (χ4v) is 3.83. The van der Waals surface area contributed by atoms with Crippen LogP contribution >= 0.6 is 0 Å². The van der Waals surface area contributed by atoms with Gasteiger partial charge in [0.2, 0.25) is 0 Å². The molecule has 2 aliphatic carbocycles. The van der Waals surface area contributed by atoms with E-state index in [1.165, 1.54) is 25.7 Å². The number of oxime groups is 1. The number of fused-ring (bicyclic) bond motifs is 2. The van der Waals surface area contributed by atoms with Gasteiger partial charge in [-0.25, -0.2) is 0 Å². The average molecular weight is 287 g/mol. The van der Waals surface area contributed by atoms with E-state index in [-0.39, 0.29) is 11.7 Å². The summed E-state index contributed by atoms with van der Waals surface area (Å²) in [5.74, 6) is 2.25. The van der Waals surface area contributed by atoms with Gasteiger partial charge in [-0.05, 0) is 49.1 Å². The number of benzene rings is 1.